The highest BCUT2D eigenvalue weighted by molar-refractivity contribution is 6.56. The maximum atomic E-state index is 11.3. The summed E-state index contributed by atoms with van der Waals surface area (Å²) in [6, 6.07) is 4.98. The highest BCUT2D eigenvalue weighted by atomic mass is 16.7. The molecule has 1 saturated heterocycles. The summed E-state index contributed by atoms with van der Waals surface area (Å²) in [6.45, 7) is 9.63. The fourth-order valence-electron chi connectivity index (χ4n) is 2.29. The van der Waals surface area contributed by atoms with Crippen molar-refractivity contribution in [1.29, 1.82) is 0 Å². The van der Waals surface area contributed by atoms with E-state index in [1.807, 2.05) is 33.8 Å². The Morgan fingerprint density at radius 2 is 1.88 bits per heavy atom. The molecule has 130 valence electrons. The van der Waals surface area contributed by atoms with Crippen LogP contribution in [-0.2, 0) is 14.1 Å². The summed E-state index contributed by atoms with van der Waals surface area (Å²) < 4.78 is 12.1. The molecule has 0 bridgehead atoms. The van der Waals surface area contributed by atoms with Gasteiger partial charge in [0.2, 0.25) is 5.91 Å². The highest BCUT2D eigenvalue weighted by Gasteiger charge is 2.52. The summed E-state index contributed by atoms with van der Waals surface area (Å²) in [4.78, 5) is 11.3. The van der Waals surface area contributed by atoms with Crippen molar-refractivity contribution in [1.82, 2.24) is 5.32 Å². The number of amides is 1. The fourth-order valence-corrected chi connectivity index (χ4v) is 2.29. The molecule has 1 aliphatic heterocycles. The van der Waals surface area contributed by atoms with Crippen molar-refractivity contribution in [3.05, 3.63) is 29.2 Å². The lowest BCUT2D eigenvalue weighted by Crippen LogP contribution is -2.41. The topological polar surface area (TPSA) is 93.8 Å². The van der Waals surface area contributed by atoms with Gasteiger partial charge >= 0.3 is 7.12 Å². The molecule has 0 unspecified atom stereocenters. The molecule has 1 heterocycles. The Morgan fingerprint density at radius 3 is 2.38 bits per heavy atom. The monoisotopic (exact) mass is 332 g/mol. The highest BCUT2D eigenvalue weighted by Crippen LogP contribution is 2.38. The lowest BCUT2D eigenvalue weighted by atomic mass is 9.77. The van der Waals surface area contributed by atoms with Crippen molar-refractivity contribution in [3.63, 3.8) is 0 Å². The van der Waals surface area contributed by atoms with Crippen LogP contribution in [0, 0.1) is 0 Å². The Balaban J connectivity index is 2.33. The Bertz CT molecular complexity index is 655. The summed E-state index contributed by atoms with van der Waals surface area (Å²) in [7, 11) is -0.582. The normalized spacial score (nSPS) is 19.4. The zero-order valence-electron chi connectivity index (χ0n) is 14.8. The average molecular weight is 332 g/mol. The molecule has 0 spiro atoms. The number of carbonyl (C=O) groups is 1. The van der Waals surface area contributed by atoms with E-state index in [1.54, 1.807) is 18.2 Å². The van der Waals surface area contributed by atoms with E-state index in [2.05, 4.69) is 5.32 Å². The van der Waals surface area contributed by atoms with Gasteiger partial charge in [0, 0.05) is 13.5 Å². The van der Waals surface area contributed by atoms with E-state index in [4.69, 9.17) is 15.0 Å². The van der Waals surface area contributed by atoms with Gasteiger partial charge in [-0.2, -0.15) is 0 Å². The zero-order chi connectivity index (χ0) is 18.1. The summed E-state index contributed by atoms with van der Waals surface area (Å²) in [5, 5.41) is 12.5. The average Bonchev–Trinajstić information content (AvgIpc) is 2.67. The van der Waals surface area contributed by atoms with Gasteiger partial charge in [-0.3, -0.25) is 4.79 Å². The van der Waals surface area contributed by atoms with Crippen molar-refractivity contribution < 1.29 is 19.2 Å². The van der Waals surface area contributed by atoms with Gasteiger partial charge in [0.25, 0.3) is 0 Å². The first kappa shape index (κ1) is 18.4. The number of nitrogens with one attached hydrogen (secondary N) is 1. The number of hydrogen-bond donors (Lipinski definition) is 3. The summed E-state index contributed by atoms with van der Waals surface area (Å²) in [5.74, 6) is -0.130. The Kier molecular flexibility index (Phi) is 4.96. The molecule has 1 amide bonds. The van der Waals surface area contributed by atoms with E-state index < -0.39 is 18.3 Å². The molecule has 7 heteroatoms. The van der Waals surface area contributed by atoms with Crippen LogP contribution in [0.1, 0.15) is 40.2 Å². The van der Waals surface area contributed by atoms with Crippen molar-refractivity contribution in [2.45, 2.75) is 45.8 Å². The van der Waals surface area contributed by atoms with Crippen LogP contribution in [-0.4, -0.2) is 35.9 Å². The molecule has 6 nitrogen and oxygen atoms in total. The molecule has 0 saturated carbocycles. The van der Waals surface area contributed by atoms with Crippen LogP contribution in [0.25, 0.3) is 6.08 Å². The summed E-state index contributed by atoms with van der Waals surface area (Å²) >= 11 is 0. The van der Waals surface area contributed by atoms with Gasteiger partial charge in [0.15, 0.2) is 0 Å². The smallest absolute Gasteiger partial charge is 0.492 e. The van der Waals surface area contributed by atoms with Crippen LogP contribution < -0.4 is 11.1 Å². The molecule has 0 aliphatic carbocycles. The minimum absolute atomic E-state index is 0.0107. The molecule has 1 aromatic carbocycles. The van der Waals surface area contributed by atoms with Crippen molar-refractivity contribution in [2.24, 2.45) is 0 Å². The quantitative estimate of drug-likeness (QED) is 0.446. The van der Waals surface area contributed by atoms with E-state index in [0.717, 1.165) is 11.0 Å². The predicted molar refractivity (Wildman–Crippen MR) is 95.3 cm³/mol. The van der Waals surface area contributed by atoms with Crippen LogP contribution in [0.2, 0.25) is 0 Å². The number of benzene rings is 1. The summed E-state index contributed by atoms with van der Waals surface area (Å²) in [5.41, 5.74) is 6.50. The lowest BCUT2D eigenvalue weighted by Gasteiger charge is -2.32. The summed E-state index contributed by atoms with van der Waals surface area (Å²) in [6.07, 6.45) is 1.83. The number of nitrogen functional groups attached to an aromatic ring is 1. The minimum atomic E-state index is -0.582. The third kappa shape index (κ3) is 3.91. The van der Waals surface area contributed by atoms with Gasteiger partial charge < -0.3 is 25.5 Å². The van der Waals surface area contributed by atoms with E-state index in [-0.39, 0.29) is 18.2 Å². The molecule has 1 aromatic rings. The van der Waals surface area contributed by atoms with Gasteiger partial charge in [-0.1, -0.05) is 12.1 Å². The van der Waals surface area contributed by atoms with Crippen molar-refractivity contribution in [3.8, 4) is 5.75 Å². The second-order valence-corrected chi connectivity index (χ2v) is 7.04. The number of phenols is 1. The molecular formula is C17H25BN2O4. The molecule has 4 N–H and O–H groups in total. The maximum Gasteiger partial charge on any atom is 0.492 e. The second-order valence-electron chi connectivity index (χ2n) is 7.04. The number of phenolic OH excluding ortho intramolecular Hbond substituents is 1. The third-order valence-corrected chi connectivity index (χ3v) is 4.50. The Labute approximate surface area is 143 Å². The number of nitrogens with two attached hydrogens (primary N) is 1. The molecule has 0 aromatic heterocycles. The van der Waals surface area contributed by atoms with Crippen LogP contribution >= 0.6 is 0 Å². The van der Waals surface area contributed by atoms with Crippen LogP contribution in [0.4, 0.5) is 5.69 Å². The number of aromatic hydroxyl groups is 1. The number of rotatable bonds is 4. The van der Waals surface area contributed by atoms with Crippen LogP contribution in [0.3, 0.4) is 0 Å². The van der Waals surface area contributed by atoms with E-state index in [1.165, 1.54) is 6.92 Å². The van der Waals surface area contributed by atoms with Crippen molar-refractivity contribution in [2.75, 3.05) is 12.3 Å². The largest absolute Gasteiger partial charge is 0.506 e. The lowest BCUT2D eigenvalue weighted by molar-refractivity contribution is -0.118. The third-order valence-electron chi connectivity index (χ3n) is 4.50. The number of anilines is 1. The van der Waals surface area contributed by atoms with Crippen molar-refractivity contribution >= 4 is 24.8 Å². The van der Waals surface area contributed by atoms with E-state index in [9.17, 15) is 9.90 Å². The van der Waals surface area contributed by atoms with Crippen LogP contribution in [0.5, 0.6) is 5.75 Å². The minimum Gasteiger partial charge on any atom is -0.506 e. The molecule has 24 heavy (non-hydrogen) atoms. The number of carbonyl (C=O) groups excluding carboxylic acids is 1. The molecule has 2 rings (SSSR count). The van der Waals surface area contributed by atoms with Gasteiger partial charge in [0.05, 0.1) is 16.9 Å². The Hall–Kier alpha value is -1.99. The molecule has 0 atom stereocenters. The van der Waals surface area contributed by atoms with Gasteiger partial charge in [0.1, 0.15) is 5.75 Å². The van der Waals surface area contributed by atoms with Gasteiger partial charge in [-0.05, 0) is 50.9 Å². The van der Waals surface area contributed by atoms with Crippen LogP contribution in [0.15, 0.2) is 23.7 Å². The maximum absolute atomic E-state index is 11.3. The molecule has 1 fully saturated rings. The zero-order valence-corrected chi connectivity index (χ0v) is 14.8. The fraction of sp³-hybridized carbons (Fsp3) is 0.471. The number of hydrogen-bond acceptors (Lipinski definition) is 5. The standard InChI is InChI=1S/C17H25BN2O4/c1-11(21)20-10-13(8-12-6-7-14(19)15(22)9-12)18-23-16(2,3)17(4,5)24-18/h6-9,22H,10,19H2,1-5H3,(H,20,21). The SMILES string of the molecule is CC(=O)NCC(=Cc1ccc(N)c(O)c1)B1OC(C)(C)C(C)(C)O1. The van der Waals surface area contributed by atoms with E-state index >= 15 is 0 Å². The predicted octanol–water partition coefficient (Wildman–Crippen LogP) is 2.13. The molecular weight excluding hydrogens is 307 g/mol. The molecule has 0 radical (unpaired) electrons. The van der Waals surface area contributed by atoms with Gasteiger partial charge in [-0.15, -0.1) is 0 Å². The Morgan fingerprint density at radius 1 is 1.29 bits per heavy atom. The first-order chi connectivity index (χ1) is 11.0. The van der Waals surface area contributed by atoms with Gasteiger partial charge in [-0.25, -0.2) is 0 Å². The first-order valence-electron chi connectivity index (χ1n) is 7.91. The van der Waals surface area contributed by atoms with E-state index in [0.29, 0.717) is 5.69 Å². The first-order valence-corrected chi connectivity index (χ1v) is 7.91. The molecule has 1 aliphatic rings. The second kappa shape index (κ2) is 6.49.